The Kier molecular flexibility index (Phi) is 4.96. The van der Waals surface area contributed by atoms with Gasteiger partial charge in [-0.05, 0) is 13.3 Å². The van der Waals surface area contributed by atoms with E-state index in [0.717, 1.165) is 6.42 Å². The number of nitrogens with one attached hydrogen (secondary N) is 1. The van der Waals surface area contributed by atoms with Crippen molar-refractivity contribution < 1.29 is 9.84 Å². The highest BCUT2D eigenvalue weighted by molar-refractivity contribution is 6.32. The lowest BCUT2D eigenvalue weighted by molar-refractivity contribution is 0.0636. The average Bonchev–Trinajstić information content (AvgIpc) is 2.28. The lowest BCUT2D eigenvalue weighted by Gasteiger charge is -2.23. The molecule has 0 saturated carbocycles. The zero-order chi connectivity index (χ0) is 12.9. The van der Waals surface area contributed by atoms with Gasteiger partial charge >= 0.3 is 6.01 Å². The van der Waals surface area contributed by atoms with Crippen LogP contribution in [-0.2, 0) is 0 Å². The molecular weight excluding hydrogens is 242 g/mol. The highest BCUT2D eigenvalue weighted by Crippen LogP contribution is 2.21. The topological polar surface area (TPSA) is 67.3 Å². The number of halogens is 1. The lowest BCUT2D eigenvalue weighted by Crippen LogP contribution is -2.33. The third-order valence-electron chi connectivity index (χ3n) is 2.33. The first kappa shape index (κ1) is 14.0. The molecule has 0 aliphatic carbocycles. The van der Waals surface area contributed by atoms with Gasteiger partial charge < -0.3 is 15.2 Å². The third-order valence-corrected chi connectivity index (χ3v) is 2.61. The average molecular weight is 260 g/mol. The maximum absolute atomic E-state index is 10.0. The van der Waals surface area contributed by atoms with E-state index in [1.165, 1.54) is 13.3 Å². The van der Waals surface area contributed by atoms with Gasteiger partial charge in [-0.25, -0.2) is 4.98 Å². The molecule has 1 unspecified atom stereocenters. The van der Waals surface area contributed by atoms with Gasteiger partial charge in [0.15, 0.2) is 5.82 Å². The van der Waals surface area contributed by atoms with Crippen LogP contribution in [0.5, 0.6) is 6.01 Å². The Bertz CT molecular complexity index is 372. The normalized spacial score (nSPS) is 14.2. The van der Waals surface area contributed by atoms with E-state index in [0.29, 0.717) is 23.8 Å². The lowest BCUT2D eigenvalue weighted by atomic mass is 10.0. The summed E-state index contributed by atoms with van der Waals surface area (Å²) in [6, 6.07) is 0.243. The van der Waals surface area contributed by atoms with Crippen molar-refractivity contribution in [1.82, 2.24) is 9.97 Å². The Morgan fingerprint density at radius 3 is 2.88 bits per heavy atom. The van der Waals surface area contributed by atoms with Crippen molar-refractivity contribution in [3.05, 3.63) is 11.2 Å². The zero-order valence-corrected chi connectivity index (χ0v) is 11.1. The predicted octanol–water partition coefficient (Wildman–Crippen LogP) is 2.10. The molecule has 0 aromatic carbocycles. The number of hydrogen-bond donors (Lipinski definition) is 2. The Hall–Kier alpha value is -1.07. The summed E-state index contributed by atoms with van der Waals surface area (Å²) < 4.78 is 4.91. The van der Waals surface area contributed by atoms with E-state index in [2.05, 4.69) is 15.3 Å². The summed E-state index contributed by atoms with van der Waals surface area (Å²) in [5.74, 6) is 0.467. The fraction of sp³-hybridized carbons (Fsp3) is 0.636. The second kappa shape index (κ2) is 6.02. The van der Waals surface area contributed by atoms with E-state index < -0.39 is 5.60 Å². The summed E-state index contributed by atoms with van der Waals surface area (Å²) >= 11 is 5.93. The second-order valence-electron chi connectivity index (χ2n) is 4.15. The molecular formula is C11H18ClN3O2. The van der Waals surface area contributed by atoms with Crippen LogP contribution < -0.4 is 10.1 Å². The van der Waals surface area contributed by atoms with Crippen molar-refractivity contribution >= 4 is 17.4 Å². The van der Waals surface area contributed by atoms with Crippen LogP contribution >= 0.6 is 11.6 Å². The fourth-order valence-electron chi connectivity index (χ4n) is 1.47. The fourth-order valence-corrected chi connectivity index (χ4v) is 1.63. The van der Waals surface area contributed by atoms with Crippen LogP contribution in [0, 0.1) is 0 Å². The van der Waals surface area contributed by atoms with Crippen LogP contribution in [0.4, 0.5) is 5.82 Å². The number of hydrogen-bond acceptors (Lipinski definition) is 5. The largest absolute Gasteiger partial charge is 0.467 e. The first-order valence-electron chi connectivity index (χ1n) is 5.51. The van der Waals surface area contributed by atoms with Crippen LogP contribution in [0.2, 0.25) is 5.02 Å². The number of ether oxygens (including phenoxy) is 1. The molecule has 2 N–H and O–H groups in total. The van der Waals surface area contributed by atoms with Crippen molar-refractivity contribution in [3.63, 3.8) is 0 Å². The van der Waals surface area contributed by atoms with Crippen molar-refractivity contribution in [3.8, 4) is 6.01 Å². The van der Waals surface area contributed by atoms with Crippen molar-refractivity contribution in [2.75, 3.05) is 19.0 Å². The van der Waals surface area contributed by atoms with E-state index in [-0.39, 0.29) is 6.01 Å². The van der Waals surface area contributed by atoms with Crippen LogP contribution in [-0.4, -0.2) is 34.3 Å². The Morgan fingerprint density at radius 2 is 2.29 bits per heavy atom. The SMILES string of the molecule is CCCC(C)(O)CNc1nc(OC)ncc1Cl. The maximum atomic E-state index is 10.0. The van der Waals surface area contributed by atoms with E-state index >= 15 is 0 Å². The Labute approximate surface area is 106 Å². The zero-order valence-electron chi connectivity index (χ0n) is 10.3. The van der Waals surface area contributed by atoms with Gasteiger partial charge in [0.05, 0.1) is 18.9 Å². The summed E-state index contributed by atoms with van der Waals surface area (Å²) in [6.45, 7) is 4.17. The molecule has 0 amide bonds. The highest BCUT2D eigenvalue weighted by Gasteiger charge is 2.19. The van der Waals surface area contributed by atoms with Gasteiger partial charge in [-0.2, -0.15) is 4.98 Å². The minimum atomic E-state index is -0.781. The monoisotopic (exact) mass is 259 g/mol. The molecule has 0 radical (unpaired) electrons. The number of aromatic nitrogens is 2. The number of rotatable bonds is 6. The molecule has 0 fully saturated rings. The Morgan fingerprint density at radius 1 is 1.59 bits per heavy atom. The number of methoxy groups -OCH3 is 1. The van der Waals surface area contributed by atoms with Gasteiger partial charge in [-0.15, -0.1) is 0 Å². The van der Waals surface area contributed by atoms with Gasteiger partial charge in [0.1, 0.15) is 5.02 Å². The second-order valence-corrected chi connectivity index (χ2v) is 4.56. The molecule has 96 valence electrons. The molecule has 1 aromatic rings. The van der Waals surface area contributed by atoms with Gasteiger partial charge in [-0.1, -0.05) is 24.9 Å². The molecule has 17 heavy (non-hydrogen) atoms. The van der Waals surface area contributed by atoms with E-state index in [4.69, 9.17) is 16.3 Å². The number of anilines is 1. The standard InChI is InChI=1S/C11H18ClN3O2/c1-4-5-11(2,16)7-14-9-8(12)6-13-10(15-9)17-3/h6,16H,4-5,7H2,1-3H3,(H,13,14,15). The molecule has 0 saturated heterocycles. The third kappa shape index (κ3) is 4.36. The summed E-state index contributed by atoms with van der Waals surface area (Å²) in [7, 11) is 1.49. The molecule has 0 bridgehead atoms. The first-order valence-corrected chi connectivity index (χ1v) is 5.89. The van der Waals surface area contributed by atoms with E-state index in [9.17, 15) is 5.11 Å². The maximum Gasteiger partial charge on any atom is 0.318 e. The Balaban J connectivity index is 2.68. The predicted molar refractivity (Wildman–Crippen MR) is 67.6 cm³/mol. The molecule has 6 heteroatoms. The molecule has 0 aliphatic rings. The summed E-state index contributed by atoms with van der Waals surface area (Å²) in [4.78, 5) is 7.94. The van der Waals surface area contributed by atoms with Crippen LogP contribution in [0.15, 0.2) is 6.20 Å². The molecule has 1 aromatic heterocycles. The van der Waals surface area contributed by atoms with E-state index in [1.54, 1.807) is 6.92 Å². The minimum Gasteiger partial charge on any atom is -0.467 e. The van der Waals surface area contributed by atoms with Gasteiger partial charge in [0.2, 0.25) is 0 Å². The van der Waals surface area contributed by atoms with Crippen LogP contribution in [0.3, 0.4) is 0 Å². The number of nitrogens with zero attached hydrogens (tertiary/aromatic N) is 2. The quantitative estimate of drug-likeness (QED) is 0.819. The molecule has 1 heterocycles. The molecule has 1 rings (SSSR count). The van der Waals surface area contributed by atoms with Gasteiger partial charge in [0, 0.05) is 6.54 Å². The first-order chi connectivity index (χ1) is 7.98. The van der Waals surface area contributed by atoms with E-state index in [1.807, 2.05) is 6.92 Å². The van der Waals surface area contributed by atoms with Gasteiger partial charge in [0.25, 0.3) is 0 Å². The van der Waals surface area contributed by atoms with Gasteiger partial charge in [-0.3, -0.25) is 0 Å². The summed E-state index contributed by atoms with van der Waals surface area (Å²) in [6.07, 6.45) is 3.08. The van der Waals surface area contributed by atoms with Crippen molar-refractivity contribution in [2.45, 2.75) is 32.3 Å². The van der Waals surface area contributed by atoms with Crippen LogP contribution in [0.1, 0.15) is 26.7 Å². The summed E-state index contributed by atoms with van der Waals surface area (Å²) in [5, 5.41) is 13.4. The van der Waals surface area contributed by atoms with Crippen LogP contribution in [0.25, 0.3) is 0 Å². The van der Waals surface area contributed by atoms with Crippen molar-refractivity contribution in [1.29, 1.82) is 0 Å². The molecule has 1 atom stereocenters. The summed E-state index contributed by atoms with van der Waals surface area (Å²) in [5.41, 5.74) is -0.781. The number of aliphatic hydroxyl groups is 1. The highest BCUT2D eigenvalue weighted by atomic mass is 35.5. The minimum absolute atomic E-state index is 0.243. The molecule has 0 spiro atoms. The molecule has 0 aliphatic heterocycles. The smallest absolute Gasteiger partial charge is 0.318 e. The molecule has 5 nitrogen and oxygen atoms in total. The van der Waals surface area contributed by atoms with Crippen molar-refractivity contribution in [2.24, 2.45) is 0 Å².